The summed E-state index contributed by atoms with van der Waals surface area (Å²) in [6, 6.07) is 17.9. The number of nitriles is 1. The number of nitrogens with zero attached hydrogens (tertiary/aromatic N) is 3. The zero-order valence-electron chi connectivity index (χ0n) is 13.7. The molecule has 0 spiro atoms. The molecule has 2 aromatic rings. The Kier molecular flexibility index (Phi) is 6.26. The molecule has 2 rings (SSSR count). The molecule has 0 bridgehead atoms. The first kappa shape index (κ1) is 16.6. The lowest BCUT2D eigenvalue weighted by Crippen LogP contribution is -1.93. The summed E-state index contributed by atoms with van der Waals surface area (Å²) >= 11 is 0. The van der Waals surface area contributed by atoms with E-state index in [1.54, 1.807) is 18.3 Å². The second-order valence-electron chi connectivity index (χ2n) is 5.46. The zero-order chi connectivity index (χ0) is 16.5. The number of hydrogen-bond acceptors (Lipinski definition) is 3. The number of hydrogen-bond donors (Lipinski definition) is 0. The van der Waals surface area contributed by atoms with Crippen LogP contribution in [0.4, 0.5) is 0 Å². The highest BCUT2D eigenvalue weighted by atomic mass is 15.2. The lowest BCUT2D eigenvalue weighted by atomic mass is 10.1. The van der Waals surface area contributed by atoms with E-state index < -0.39 is 0 Å². The van der Waals surface area contributed by atoms with E-state index in [1.807, 2.05) is 19.1 Å². The third-order valence-electron chi connectivity index (χ3n) is 3.65. The van der Waals surface area contributed by atoms with Gasteiger partial charge in [-0.25, -0.2) is 0 Å². The SMILES string of the molecule is CCCCc1ccc(/C=N\N=C(\C)c2ccc(C#N)cc2)cc1. The van der Waals surface area contributed by atoms with E-state index in [9.17, 15) is 0 Å². The normalized spacial score (nSPS) is 11.6. The highest BCUT2D eigenvalue weighted by molar-refractivity contribution is 5.99. The third kappa shape index (κ3) is 5.19. The molecule has 2 aromatic carbocycles. The van der Waals surface area contributed by atoms with Gasteiger partial charge in [-0.1, -0.05) is 49.7 Å². The number of benzene rings is 2. The molecule has 116 valence electrons. The van der Waals surface area contributed by atoms with Gasteiger partial charge in [-0.05, 0) is 48.6 Å². The molecule has 0 fully saturated rings. The lowest BCUT2D eigenvalue weighted by molar-refractivity contribution is 0.795. The van der Waals surface area contributed by atoms with E-state index in [0.717, 1.165) is 23.3 Å². The Labute approximate surface area is 138 Å². The van der Waals surface area contributed by atoms with Crippen molar-refractivity contribution in [1.29, 1.82) is 5.26 Å². The monoisotopic (exact) mass is 303 g/mol. The molecule has 0 saturated carbocycles. The first-order valence-electron chi connectivity index (χ1n) is 7.90. The van der Waals surface area contributed by atoms with E-state index in [-0.39, 0.29) is 0 Å². The molecule has 0 aliphatic carbocycles. The summed E-state index contributed by atoms with van der Waals surface area (Å²) in [6.45, 7) is 4.11. The van der Waals surface area contributed by atoms with Crippen LogP contribution >= 0.6 is 0 Å². The van der Waals surface area contributed by atoms with Crippen LogP contribution in [-0.2, 0) is 6.42 Å². The Balaban J connectivity index is 2.00. The van der Waals surface area contributed by atoms with Crippen LogP contribution in [0.2, 0.25) is 0 Å². The van der Waals surface area contributed by atoms with Crippen molar-refractivity contribution in [3.05, 3.63) is 70.8 Å². The molecule has 0 saturated heterocycles. The molecule has 0 heterocycles. The highest BCUT2D eigenvalue weighted by Crippen LogP contribution is 2.07. The summed E-state index contributed by atoms with van der Waals surface area (Å²) in [4.78, 5) is 0. The fraction of sp³-hybridized carbons (Fsp3) is 0.250. The fourth-order valence-corrected chi connectivity index (χ4v) is 2.18. The van der Waals surface area contributed by atoms with Gasteiger partial charge >= 0.3 is 0 Å². The predicted octanol–water partition coefficient (Wildman–Crippen LogP) is 4.74. The molecule has 0 unspecified atom stereocenters. The summed E-state index contributed by atoms with van der Waals surface area (Å²) in [7, 11) is 0. The van der Waals surface area contributed by atoms with Gasteiger partial charge in [0.05, 0.1) is 23.6 Å². The van der Waals surface area contributed by atoms with Gasteiger partial charge in [0, 0.05) is 0 Å². The minimum atomic E-state index is 0.646. The van der Waals surface area contributed by atoms with Crippen LogP contribution in [0, 0.1) is 11.3 Å². The standard InChI is InChI=1S/C20H21N3/c1-3-4-5-17-6-8-19(9-7-17)15-22-23-16(2)20-12-10-18(14-21)11-13-20/h6-13,15H,3-5H2,1-2H3/b22-15-,23-16-. The summed E-state index contributed by atoms with van der Waals surface area (Å²) < 4.78 is 0. The van der Waals surface area contributed by atoms with Gasteiger partial charge in [-0.2, -0.15) is 15.5 Å². The maximum Gasteiger partial charge on any atom is 0.0991 e. The second-order valence-corrected chi connectivity index (χ2v) is 5.46. The molecular formula is C20H21N3. The van der Waals surface area contributed by atoms with Gasteiger partial charge in [0.15, 0.2) is 0 Å². The van der Waals surface area contributed by atoms with Crippen molar-refractivity contribution in [2.45, 2.75) is 33.1 Å². The van der Waals surface area contributed by atoms with Crippen molar-refractivity contribution in [2.75, 3.05) is 0 Å². The molecule has 0 aliphatic heterocycles. The average Bonchev–Trinajstić information content (AvgIpc) is 2.61. The van der Waals surface area contributed by atoms with Crippen molar-refractivity contribution < 1.29 is 0 Å². The summed E-state index contributed by atoms with van der Waals surface area (Å²) in [6.07, 6.45) is 5.33. The quantitative estimate of drug-likeness (QED) is 0.561. The topological polar surface area (TPSA) is 48.5 Å². The van der Waals surface area contributed by atoms with Crippen LogP contribution in [0.3, 0.4) is 0 Å². The van der Waals surface area contributed by atoms with E-state index in [0.29, 0.717) is 5.56 Å². The minimum Gasteiger partial charge on any atom is -0.192 e. The summed E-state index contributed by atoms with van der Waals surface area (Å²) in [5.74, 6) is 0. The predicted molar refractivity (Wildman–Crippen MR) is 96.0 cm³/mol. The van der Waals surface area contributed by atoms with Gasteiger partial charge < -0.3 is 0 Å². The Morgan fingerprint density at radius 3 is 2.39 bits per heavy atom. The van der Waals surface area contributed by atoms with E-state index in [4.69, 9.17) is 5.26 Å². The molecule has 0 aromatic heterocycles. The molecule has 0 radical (unpaired) electrons. The van der Waals surface area contributed by atoms with Gasteiger partial charge in [-0.3, -0.25) is 0 Å². The molecule has 3 nitrogen and oxygen atoms in total. The third-order valence-corrected chi connectivity index (χ3v) is 3.65. The Morgan fingerprint density at radius 2 is 1.78 bits per heavy atom. The Hall–Kier alpha value is -2.73. The van der Waals surface area contributed by atoms with Gasteiger partial charge in [0.25, 0.3) is 0 Å². The van der Waals surface area contributed by atoms with E-state index in [2.05, 4.69) is 47.5 Å². The van der Waals surface area contributed by atoms with Gasteiger partial charge in [0.1, 0.15) is 0 Å². The largest absolute Gasteiger partial charge is 0.192 e. The van der Waals surface area contributed by atoms with Crippen molar-refractivity contribution in [2.24, 2.45) is 10.2 Å². The molecule has 0 N–H and O–H groups in total. The first-order chi connectivity index (χ1) is 11.2. The average molecular weight is 303 g/mol. The van der Waals surface area contributed by atoms with E-state index in [1.165, 1.54) is 18.4 Å². The fourth-order valence-electron chi connectivity index (χ4n) is 2.18. The van der Waals surface area contributed by atoms with Crippen LogP contribution in [0.15, 0.2) is 58.7 Å². The smallest absolute Gasteiger partial charge is 0.0991 e. The summed E-state index contributed by atoms with van der Waals surface area (Å²) in [5.41, 5.74) is 4.84. The van der Waals surface area contributed by atoms with Crippen LogP contribution in [-0.4, -0.2) is 11.9 Å². The molecule has 23 heavy (non-hydrogen) atoms. The first-order valence-corrected chi connectivity index (χ1v) is 7.90. The van der Waals surface area contributed by atoms with Crippen LogP contribution < -0.4 is 0 Å². The molecular weight excluding hydrogens is 282 g/mol. The lowest BCUT2D eigenvalue weighted by Gasteiger charge is -2.00. The van der Waals surface area contributed by atoms with Crippen molar-refractivity contribution >= 4 is 11.9 Å². The maximum absolute atomic E-state index is 8.80. The van der Waals surface area contributed by atoms with Crippen LogP contribution in [0.5, 0.6) is 0 Å². The van der Waals surface area contributed by atoms with E-state index >= 15 is 0 Å². The zero-order valence-corrected chi connectivity index (χ0v) is 13.7. The van der Waals surface area contributed by atoms with Gasteiger partial charge in [-0.15, -0.1) is 0 Å². The molecule has 0 atom stereocenters. The van der Waals surface area contributed by atoms with Crippen LogP contribution in [0.25, 0.3) is 0 Å². The second kappa shape index (κ2) is 8.65. The number of rotatable bonds is 6. The molecule has 3 heteroatoms. The van der Waals surface area contributed by atoms with Crippen molar-refractivity contribution in [3.8, 4) is 6.07 Å². The number of unbranched alkanes of at least 4 members (excludes halogenated alkanes) is 1. The minimum absolute atomic E-state index is 0.646. The molecule has 0 aliphatic rings. The van der Waals surface area contributed by atoms with Crippen molar-refractivity contribution in [1.82, 2.24) is 0 Å². The maximum atomic E-state index is 8.80. The van der Waals surface area contributed by atoms with Crippen molar-refractivity contribution in [3.63, 3.8) is 0 Å². The number of aryl methyl sites for hydroxylation is 1. The Bertz CT molecular complexity index is 717. The van der Waals surface area contributed by atoms with Crippen LogP contribution in [0.1, 0.15) is 48.9 Å². The molecule has 0 amide bonds. The Morgan fingerprint density at radius 1 is 1.09 bits per heavy atom. The van der Waals surface area contributed by atoms with Gasteiger partial charge in [0.2, 0.25) is 0 Å². The summed E-state index contributed by atoms with van der Waals surface area (Å²) in [5, 5.41) is 17.2. The highest BCUT2D eigenvalue weighted by Gasteiger charge is 1.97.